The van der Waals surface area contributed by atoms with E-state index in [9.17, 15) is 9.36 Å². The van der Waals surface area contributed by atoms with E-state index in [0.29, 0.717) is 10.5 Å². The zero-order valence-corrected chi connectivity index (χ0v) is 15.6. The Morgan fingerprint density at radius 1 is 1.26 bits per heavy atom. The maximum atomic E-state index is 12.6. The molecule has 0 unspecified atom stereocenters. The molecule has 0 spiro atoms. The van der Waals surface area contributed by atoms with Crippen LogP contribution in [0, 0.1) is 0 Å². The fourth-order valence-electron chi connectivity index (χ4n) is 1.63. The number of hydrogen-bond donors (Lipinski definition) is 0. The molecule has 1 rings (SSSR count). The standard InChI is InChI=1S/C16H27NO5P/c1-7-20-23(19,21-8-2)16-10-9-15(22-16)14(18)11-12-17(5,6)13(3)4/h9-13H,7-8H2,1-6H3/q+1. The minimum absolute atomic E-state index is 0.0514. The molecular weight excluding hydrogens is 317 g/mol. The van der Waals surface area contributed by atoms with Crippen molar-refractivity contribution in [1.82, 2.24) is 0 Å². The first-order valence-electron chi connectivity index (χ1n) is 7.72. The van der Waals surface area contributed by atoms with Gasteiger partial charge in [-0.3, -0.25) is 9.36 Å². The highest BCUT2D eigenvalue weighted by atomic mass is 31.2. The summed E-state index contributed by atoms with van der Waals surface area (Å²) in [6, 6.07) is 3.29. The van der Waals surface area contributed by atoms with Gasteiger partial charge < -0.3 is 17.9 Å². The number of hydrogen-bond acceptors (Lipinski definition) is 5. The van der Waals surface area contributed by atoms with Gasteiger partial charge in [-0.1, -0.05) is 0 Å². The molecule has 0 N–H and O–H groups in total. The van der Waals surface area contributed by atoms with Crippen LogP contribution >= 0.6 is 7.60 Å². The number of carbonyl (C=O) groups excluding carboxylic acids is 1. The van der Waals surface area contributed by atoms with Crippen molar-refractivity contribution in [1.29, 1.82) is 0 Å². The Bertz CT molecular complexity index is 593. The molecule has 0 saturated heterocycles. The highest BCUT2D eigenvalue weighted by Gasteiger charge is 2.31. The summed E-state index contributed by atoms with van der Waals surface area (Å²) in [6.45, 7) is 8.02. The fourth-order valence-corrected chi connectivity index (χ4v) is 3.10. The molecule has 7 heteroatoms. The highest BCUT2D eigenvalue weighted by molar-refractivity contribution is 7.61. The minimum atomic E-state index is -3.50. The first kappa shape index (κ1) is 19.8. The van der Waals surface area contributed by atoms with E-state index in [0.717, 1.165) is 0 Å². The van der Waals surface area contributed by atoms with E-state index in [2.05, 4.69) is 13.8 Å². The molecule has 0 atom stereocenters. The first-order valence-corrected chi connectivity index (χ1v) is 9.27. The molecule has 130 valence electrons. The Morgan fingerprint density at radius 2 is 1.83 bits per heavy atom. The summed E-state index contributed by atoms with van der Waals surface area (Å²) in [5.74, 6) is -0.178. The quantitative estimate of drug-likeness (QED) is 0.297. The molecular formula is C16H27NO5P+. The van der Waals surface area contributed by atoms with Crippen molar-refractivity contribution in [3.63, 3.8) is 0 Å². The van der Waals surface area contributed by atoms with Crippen LogP contribution in [-0.2, 0) is 13.6 Å². The number of furan rings is 1. The van der Waals surface area contributed by atoms with E-state index in [1.165, 1.54) is 18.2 Å². The molecule has 0 aliphatic rings. The summed E-state index contributed by atoms with van der Waals surface area (Å²) in [7, 11) is 0.496. The number of quaternary nitrogens is 1. The Morgan fingerprint density at radius 3 is 2.30 bits per heavy atom. The molecule has 6 nitrogen and oxygen atoms in total. The SMILES string of the molecule is CCOP(=O)(OCC)c1ccc(C(=O)C=C[N+](C)(C)C(C)C)o1. The lowest BCUT2D eigenvalue weighted by Gasteiger charge is -2.29. The number of ketones is 1. The van der Waals surface area contributed by atoms with Crippen molar-refractivity contribution in [3.05, 3.63) is 30.2 Å². The Kier molecular flexibility index (Phi) is 6.96. The van der Waals surface area contributed by atoms with Crippen LogP contribution in [0.5, 0.6) is 0 Å². The van der Waals surface area contributed by atoms with Crippen LogP contribution in [0.2, 0.25) is 0 Å². The second-order valence-corrected chi connectivity index (χ2v) is 7.83. The lowest BCUT2D eigenvalue weighted by Crippen LogP contribution is -2.40. The molecule has 1 aromatic heterocycles. The van der Waals surface area contributed by atoms with Crippen molar-refractivity contribution >= 4 is 18.9 Å². The van der Waals surface area contributed by atoms with E-state index in [4.69, 9.17) is 13.5 Å². The van der Waals surface area contributed by atoms with Gasteiger partial charge in [-0.2, -0.15) is 0 Å². The molecule has 0 amide bonds. The van der Waals surface area contributed by atoms with Gasteiger partial charge in [0.2, 0.25) is 11.3 Å². The van der Waals surface area contributed by atoms with Gasteiger partial charge in [-0.25, -0.2) is 0 Å². The van der Waals surface area contributed by atoms with Crippen LogP contribution in [0.3, 0.4) is 0 Å². The van der Waals surface area contributed by atoms with Crippen molar-refractivity contribution in [2.75, 3.05) is 27.3 Å². The zero-order chi connectivity index (χ0) is 17.7. The van der Waals surface area contributed by atoms with Crippen molar-refractivity contribution in [3.8, 4) is 0 Å². The molecule has 1 aromatic rings. The fraction of sp³-hybridized carbons (Fsp3) is 0.562. The third-order valence-electron chi connectivity index (χ3n) is 3.64. The molecule has 0 fully saturated rings. The Labute approximate surface area is 138 Å². The van der Waals surface area contributed by atoms with Gasteiger partial charge in [-0.05, 0) is 39.8 Å². The second-order valence-electron chi connectivity index (χ2n) is 5.87. The number of rotatable bonds is 9. The maximum absolute atomic E-state index is 12.6. The molecule has 0 bridgehead atoms. The summed E-state index contributed by atoms with van der Waals surface area (Å²) >= 11 is 0. The van der Waals surface area contributed by atoms with E-state index in [1.54, 1.807) is 20.0 Å². The second kappa shape index (κ2) is 8.06. The predicted octanol–water partition coefficient (Wildman–Crippen LogP) is 3.35. The maximum Gasteiger partial charge on any atom is 0.396 e. The van der Waals surface area contributed by atoms with Crippen LogP contribution in [0.1, 0.15) is 38.2 Å². The number of allylic oxidation sites excluding steroid dienone is 1. The average Bonchev–Trinajstić information content (AvgIpc) is 2.95. The minimum Gasteiger partial charge on any atom is -0.445 e. The molecule has 0 radical (unpaired) electrons. The monoisotopic (exact) mass is 344 g/mol. The third-order valence-corrected chi connectivity index (χ3v) is 5.62. The van der Waals surface area contributed by atoms with Gasteiger partial charge in [0.25, 0.3) is 0 Å². The van der Waals surface area contributed by atoms with Gasteiger partial charge in [0.1, 0.15) is 0 Å². The summed E-state index contributed by atoms with van der Waals surface area (Å²) < 4.78 is 29.0. The van der Waals surface area contributed by atoms with Crippen LogP contribution in [0.15, 0.2) is 28.8 Å². The molecule has 23 heavy (non-hydrogen) atoms. The van der Waals surface area contributed by atoms with E-state index in [-0.39, 0.29) is 30.3 Å². The topological polar surface area (TPSA) is 65.7 Å². The van der Waals surface area contributed by atoms with E-state index >= 15 is 0 Å². The predicted molar refractivity (Wildman–Crippen MR) is 89.9 cm³/mol. The van der Waals surface area contributed by atoms with Crippen molar-refractivity contribution in [2.45, 2.75) is 33.7 Å². The number of nitrogens with zero attached hydrogens (tertiary/aromatic N) is 1. The summed E-state index contributed by atoms with van der Waals surface area (Å²) in [5, 5.41) is 0. The lowest BCUT2D eigenvalue weighted by molar-refractivity contribution is -0.861. The third kappa shape index (κ3) is 5.15. The van der Waals surface area contributed by atoms with Gasteiger partial charge in [0.05, 0.1) is 39.6 Å². The highest BCUT2D eigenvalue weighted by Crippen LogP contribution is 2.47. The molecule has 0 aromatic carbocycles. The zero-order valence-electron chi connectivity index (χ0n) is 14.7. The van der Waals surface area contributed by atoms with Gasteiger partial charge in [0, 0.05) is 6.08 Å². The average molecular weight is 344 g/mol. The first-order chi connectivity index (χ1) is 10.7. The molecule has 0 saturated carbocycles. The van der Waals surface area contributed by atoms with Crippen LogP contribution in [0.25, 0.3) is 0 Å². The Hall–Kier alpha value is -1.20. The normalized spacial score (nSPS) is 13.2. The number of carbonyl (C=O) groups is 1. The van der Waals surface area contributed by atoms with Gasteiger partial charge in [-0.15, -0.1) is 0 Å². The summed E-state index contributed by atoms with van der Waals surface area (Å²) in [6.07, 6.45) is 3.27. The van der Waals surface area contributed by atoms with E-state index < -0.39 is 7.60 Å². The smallest absolute Gasteiger partial charge is 0.396 e. The van der Waals surface area contributed by atoms with Crippen LogP contribution < -0.4 is 5.50 Å². The molecule has 1 heterocycles. The molecule has 0 aliphatic heterocycles. The summed E-state index contributed by atoms with van der Waals surface area (Å²) in [4.78, 5) is 12.2. The summed E-state index contributed by atoms with van der Waals surface area (Å²) in [5.41, 5.74) is 0.0514. The van der Waals surface area contributed by atoms with Crippen LogP contribution in [-0.4, -0.2) is 43.6 Å². The van der Waals surface area contributed by atoms with Crippen molar-refractivity contribution in [2.24, 2.45) is 0 Å². The molecule has 0 aliphatic carbocycles. The van der Waals surface area contributed by atoms with Gasteiger partial charge in [0.15, 0.2) is 5.76 Å². The van der Waals surface area contributed by atoms with Crippen molar-refractivity contribution < 1.29 is 27.3 Å². The van der Waals surface area contributed by atoms with E-state index in [1.807, 2.05) is 14.1 Å². The lowest BCUT2D eigenvalue weighted by atomic mass is 10.2. The largest absolute Gasteiger partial charge is 0.445 e. The Balaban J connectivity index is 2.97. The van der Waals surface area contributed by atoms with Crippen LogP contribution in [0.4, 0.5) is 0 Å². The van der Waals surface area contributed by atoms with Gasteiger partial charge >= 0.3 is 7.60 Å².